The minimum atomic E-state index is -0.541. The van der Waals surface area contributed by atoms with Crippen LogP contribution in [0.3, 0.4) is 0 Å². The number of fused-ring (bicyclic) bond motifs is 1. The standard InChI is InChI=1S/C29H18BrCl2NO5S/c1-37-24-12-16(13-25-27(34)33(29(36)39-25)15-18-9-10-19(31)14-23(18)32)11-22(30)26(24)38-28(35)21-8-4-6-17-5-2-3-7-20(17)21/h2-14H,15H2,1H3/b25-13-. The first-order chi connectivity index (χ1) is 18.7. The van der Waals surface area contributed by atoms with Crippen LogP contribution in [0.25, 0.3) is 16.8 Å². The van der Waals surface area contributed by atoms with Gasteiger partial charge in [0, 0.05) is 10.0 Å². The molecule has 6 nitrogen and oxygen atoms in total. The monoisotopic (exact) mass is 641 g/mol. The van der Waals surface area contributed by atoms with Gasteiger partial charge in [-0.2, -0.15) is 0 Å². The highest BCUT2D eigenvalue weighted by Gasteiger charge is 2.35. The quantitative estimate of drug-likeness (QED) is 0.120. The Bertz CT molecular complexity index is 1680. The fourth-order valence-corrected chi connectivity index (χ4v) is 5.93. The summed E-state index contributed by atoms with van der Waals surface area (Å²) in [6.07, 6.45) is 1.58. The molecule has 0 aromatic heterocycles. The van der Waals surface area contributed by atoms with Crippen LogP contribution in [0, 0.1) is 0 Å². The molecule has 1 aliphatic rings. The van der Waals surface area contributed by atoms with Crippen LogP contribution in [0.5, 0.6) is 11.5 Å². The second-order valence-corrected chi connectivity index (χ2v) is 11.1. The Balaban J connectivity index is 1.40. The van der Waals surface area contributed by atoms with E-state index in [0.29, 0.717) is 31.2 Å². The molecule has 0 unspecified atom stereocenters. The molecule has 0 spiro atoms. The summed E-state index contributed by atoms with van der Waals surface area (Å²) in [4.78, 5) is 40.1. The SMILES string of the molecule is COc1cc(/C=C2\SC(=O)N(Cc3ccc(Cl)cc3Cl)C2=O)cc(Br)c1OC(=O)c1cccc2ccccc12. The molecule has 1 saturated heterocycles. The zero-order valence-electron chi connectivity index (χ0n) is 20.2. The van der Waals surface area contributed by atoms with Crippen molar-refractivity contribution in [3.8, 4) is 11.5 Å². The molecular formula is C29H18BrCl2NO5S. The van der Waals surface area contributed by atoms with Crippen LogP contribution in [-0.4, -0.2) is 29.1 Å². The van der Waals surface area contributed by atoms with E-state index >= 15 is 0 Å². The predicted octanol–water partition coefficient (Wildman–Crippen LogP) is 8.37. The molecule has 0 bridgehead atoms. The lowest BCUT2D eigenvalue weighted by molar-refractivity contribution is -0.123. The van der Waals surface area contributed by atoms with Crippen LogP contribution in [-0.2, 0) is 11.3 Å². The first-order valence-electron chi connectivity index (χ1n) is 11.5. The number of esters is 1. The molecule has 1 fully saturated rings. The molecular weight excluding hydrogens is 625 g/mol. The third kappa shape index (κ3) is 5.70. The first kappa shape index (κ1) is 27.3. The Morgan fingerprint density at radius 3 is 2.56 bits per heavy atom. The molecule has 4 aromatic carbocycles. The van der Waals surface area contributed by atoms with Crippen LogP contribution >= 0.6 is 50.9 Å². The molecule has 5 rings (SSSR count). The van der Waals surface area contributed by atoms with Gasteiger partial charge in [0.1, 0.15) is 0 Å². The average Bonchev–Trinajstić information content (AvgIpc) is 3.18. The van der Waals surface area contributed by atoms with Crippen molar-refractivity contribution in [2.24, 2.45) is 0 Å². The summed E-state index contributed by atoms with van der Waals surface area (Å²) in [5.41, 5.74) is 1.59. The maximum absolute atomic E-state index is 13.1. The number of halogens is 3. The van der Waals surface area contributed by atoms with Gasteiger partial charge in [0.15, 0.2) is 11.5 Å². The van der Waals surface area contributed by atoms with E-state index in [-0.39, 0.29) is 22.9 Å². The Labute approximate surface area is 246 Å². The summed E-state index contributed by atoms with van der Waals surface area (Å²) in [5, 5.41) is 2.10. The van der Waals surface area contributed by atoms with Gasteiger partial charge >= 0.3 is 5.97 Å². The largest absolute Gasteiger partial charge is 0.493 e. The third-order valence-electron chi connectivity index (χ3n) is 5.97. The topological polar surface area (TPSA) is 72.9 Å². The molecule has 0 radical (unpaired) electrons. The van der Waals surface area contributed by atoms with Gasteiger partial charge in [-0.15, -0.1) is 0 Å². The number of thioether (sulfide) groups is 1. The summed E-state index contributed by atoms with van der Waals surface area (Å²) >= 11 is 16.5. The highest BCUT2D eigenvalue weighted by atomic mass is 79.9. The van der Waals surface area contributed by atoms with Gasteiger partial charge in [0.25, 0.3) is 11.1 Å². The van der Waals surface area contributed by atoms with E-state index in [1.165, 1.54) is 7.11 Å². The van der Waals surface area contributed by atoms with Crippen molar-refractivity contribution >= 4 is 84.9 Å². The van der Waals surface area contributed by atoms with E-state index in [9.17, 15) is 14.4 Å². The Kier molecular flexibility index (Phi) is 8.00. The van der Waals surface area contributed by atoms with Crippen LogP contribution in [0.4, 0.5) is 4.79 Å². The fraction of sp³-hybridized carbons (Fsp3) is 0.0690. The van der Waals surface area contributed by atoms with Crippen molar-refractivity contribution in [3.63, 3.8) is 0 Å². The molecule has 2 amide bonds. The number of carbonyl (C=O) groups excluding carboxylic acids is 3. The number of methoxy groups -OCH3 is 1. The Morgan fingerprint density at radius 2 is 1.79 bits per heavy atom. The third-order valence-corrected chi connectivity index (χ3v) is 8.05. The minimum Gasteiger partial charge on any atom is -0.493 e. The molecule has 0 saturated carbocycles. The van der Waals surface area contributed by atoms with Gasteiger partial charge < -0.3 is 9.47 Å². The maximum Gasteiger partial charge on any atom is 0.344 e. The summed E-state index contributed by atoms with van der Waals surface area (Å²) in [6.45, 7) is 0.0219. The zero-order chi connectivity index (χ0) is 27.7. The average molecular weight is 643 g/mol. The molecule has 0 aliphatic carbocycles. The van der Waals surface area contributed by atoms with E-state index in [2.05, 4.69) is 15.9 Å². The lowest BCUT2D eigenvalue weighted by atomic mass is 10.0. The number of ether oxygens (including phenoxy) is 2. The number of rotatable bonds is 6. The zero-order valence-corrected chi connectivity index (χ0v) is 24.2. The van der Waals surface area contributed by atoms with Crippen LogP contribution < -0.4 is 9.47 Å². The van der Waals surface area contributed by atoms with Gasteiger partial charge in [0.05, 0.1) is 28.6 Å². The van der Waals surface area contributed by atoms with Crippen molar-refractivity contribution in [3.05, 3.63) is 109 Å². The van der Waals surface area contributed by atoms with E-state index in [1.54, 1.807) is 48.5 Å². The maximum atomic E-state index is 13.1. The molecule has 10 heteroatoms. The first-order valence-corrected chi connectivity index (χ1v) is 13.9. The number of carbonyl (C=O) groups is 3. The van der Waals surface area contributed by atoms with Crippen LogP contribution in [0.2, 0.25) is 10.0 Å². The highest BCUT2D eigenvalue weighted by Crippen LogP contribution is 2.40. The van der Waals surface area contributed by atoms with Gasteiger partial charge in [-0.1, -0.05) is 65.7 Å². The predicted molar refractivity (Wildman–Crippen MR) is 158 cm³/mol. The Morgan fingerprint density at radius 1 is 1.03 bits per heavy atom. The van der Waals surface area contributed by atoms with Gasteiger partial charge in [-0.05, 0) is 86.0 Å². The molecule has 39 heavy (non-hydrogen) atoms. The van der Waals surface area contributed by atoms with E-state index < -0.39 is 17.1 Å². The molecule has 1 aliphatic heterocycles. The number of hydrogen-bond donors (Lipinski definition) is 0. The van der Waals surface area contributed by atoms with Gasteiger partial charge in [0.2, 0.25) is 0 Å². The Hall–Kier alpha value is -3.30. The van der Waals surface area contributed by atoms with Crippen molar-refractivity contribution < 1.29 is 23.9 Å². The van der Waals surface area contributed by atoms with Gasteiger partial charge in [-0.3, -0.25) is 14.5 Å². The molecule has 0 N–H and O–H groups in total. The molecule has 196 valence electrons. The second-order valence-electron chi connectivity index (χ2n) is 8.45. The number of nitrogens with zero attached hydrogens (tertiary/aromatic N) is 1. The normalized spacial score (nSPS) is 14.4. The summed E-state index contributed by atoms with van der Waals surface area (Å²) in [6, 6.07) is 21.1. The highest BCUT2D eigenvalue weighted by molar-refractivity contribution is 9.10. The van der Waals surface area contributed by atoms with E-state index in [4.69, 9.17) is 32.7 Å². The van der Waals surface area contributed by atoms with Crippen molar-refractivity contribution in [1.82, 2.24) is 4.90 Å². The van der Waals surface area contributed by atoms with E-state index in [1.807, 2.05) is 30.3 Å². The number of amides is 2. The van der Waals surface area contributed by atoms with Crippen LogP contribution in [0.1, 0.15) is 21.5 Å². The van der Waals surface area contributed by atoms with Crippen molar-refractivity contribution in [1.29, 1.82) is 0 Å². The minimum absolute atomic E-state index is 0.0219. The van der Waals surface area contributed by atoms with E-state index in [0.717, 1.165) is 27.4 Å². The number of hydrogen-bond acceptors (Lipinski definition) is 6. The summed E-state index contributed by atoms with van der Waals surface area (Å²) in [7, 11) is 1.45. The fourth-order valence-electron chi connectivity index (χ4n) is 4.08. The molecule has 0 atom stereocenters. The number of imide groups is 1. The lowest BCUT2D eigenvalue weighted by Crippen LogP contribution is -2.27. The molecule has 4 aromatic rings. The summed E-state index contributed by atoms with van der Waals surface area (Å²) in [5.74, 6) is -0.521. The number of benzene rings is 4. The smallest absolute Gasteiger partial charge is 0.344 e. The van der Waals surface area contributed by atoms with Gasteiger partial charge in [-0.25, -0.2) is 4.79 Å². The molecule has 1 heterocycles. The lowest BCUT2D eigenvalue weighted by Gasteiger charge is -2.14. The van der Waals surface area contributed by atoms with Crippen molar-refractivity contribution in [2.45, 2.75) is 6.54 Å². The van der Waals surface area contributed by atoms with Crippen LogP contribution in [0.15, 0.2) is 82.2 Å². The van der Waals surface area contributed by atoms with Crippen molar-refractivity contribution in [2.75, 3.05) is 7.11 Å². The summed E-state index contributed by atoms with van der Waals surface area (Å²) < 4.78 is 11.7. The second kappa shape index (κ2) is 11.4.